The Labute approximate surface area is 168 Å². The van der Waals surface area contributed by atoms with E-state index in [1.165, 1.54) is 16.7 Å². The fourth-order valence-corrected chi connectivity index (χ4v) is 3.51. The van der Waals surface area contributed by atoms with E-state index in [0.29, 0.717) is 5.56 Å². The molecule has 3 aromatic rings. The molecular weight excluding hydrogens is 340 g/mol. The summed E-state index contributed by atoms with van der Waals surface area (Å²) in [5.74, 6) is 0. The van der Waals surface area contributed by atoms with E-state index in [1.54, 1.807) is 0 Å². The standard InChI is InChI=1S/C27H28O/c1-5-27(4,6-2)26-13-11-24(12-14-26)25-17-22(16-23(18-25)19-28)15-21-9-7-20(3)8-10-21/h5,7-14,16-19H,1,6,15H2,2-4H3. The quantitative estimate of drug-likeness (QED) is 0.327. The minimum Gasteiger partial charge on any atom is -0.298 e. The van der Waals surface area contributed by atoms with E-state index >= 15 is 0 Å². The van der Waals surface area contributed by atoms with Gasteiger partial charge in [-0.1, -0.05) is 80.1 Å². The molecule has 142 valence electrons. The first-order valence-corrected chi connectivity index (χ1v) is 9.86. The average Bonchev–Trinajstić information content (AvgIpc) is 2.74. The maximum atomic E-state index is 11.5. The third kappa shape index (κ3) is 4.31. The highest BCUT2D eigenvalue weighted by Gasteiger charge is 2.20. The molecule has 0 fully saturated rings. The summed E-state index contributed by atoms with van der Waals surface area (Å²) in [4.78, 5) is 11.5. The van der Waals surface area contributed by atoms with Crippen molar-refractivity contribution in [2.75, 3.05) is 0 Å². The van der Waals surface area contributed by atoms with Gasteiger partial charge in [0.1, 0.15) is 6.29 Å². The molecule has 3 rings (SSSR count). The van der Waals surface area contributed by atoms with Crippen LogP contribution in [0.3, 0.4) is 0 Å². The van der Waals surface area contributed by atoms with Gasteiger partial charge in [-0.3, -0.25) is 4.79 Å². The molecule has 0 saturated heterocycles. The summed E-state index contributed by atoms with van der Waals surface area (Å²) >= 11 is 0. The molecule has 0 spiro atoms. The zero-order valence-corrected chi connectivity index (χ0v) is 17.0. The maximum absolute atomic E-state index is 11.5. The summed E-state index contributed by atoms with van der Waals surface area (Å²) in [6.07, 6.45) is 4.78. The number of carbonyl (C=O) groups is 1. The zero-order valence-electron chi connectivity index (χ0n) is 17.0. The molecule has 0 saturated carbocycles. The van der Waals surface area contributed by atoms with E-state index in [-0.39, 0.29) is 5.41 Å². The van der Waals surface area contributed by atoms with Crippen molar-refractivity contribution >= 4 is 6.29 Å². The van der Waals surface area contributed by atoms with Crippen LogP contribution >= 0.6 is 0 Å². The zero-order chi connectivity index (χ0) is 20.1. The van der Waals surface area contributed by atoms with E-state index in [0.717, 1.165) is 35.8 Å². The SMILES string of the molecule is C=CC(C)(CC)c1ccc(-c2cc(C=O)cc(Cc3ccc(C)cc3)c2)cc1. The summed E-state index contributed by atoms with van der Waals surface area (Å²) in [7, 11) is 0. The molecule has 0 amide bonds. The molecule has 1 atom stereocenters. The van der Waals surface area contributed by atoms with Gasteiger partial charge in [0.25, 0.3) is 0 Å². The Balaban J connectivity index is 1.94. The van der Waals surface area contributed by atoms with Gasteiger partial charge in [-0.2, -0.15) is 0 Å². The number of allylic oxidation sites excluding steroid dienone is 1. The van der Waals surface area contributed by atoms with Crippen molar-refractivity contribution in [1.82, 2.24) is 0 Å². The van der Waals surface area contributed by atoms with Gasteiger partial charge >= 0.3 is 0 Å². The van der Waals surface area contributed by atoms with Crippen LogP contribution < -0.4 is 0 Å². The summed E-state index contributed by atoms with van der Waals surface area (Å²) in [5, 5.41) is 0. The fourth-order valence-electron chi connectivity index (χ4n) is 3.51. The van der Waals surface area contributed by atoms with Crippen LogP contribution in [0.2, 0.25) is 0 Å². The molecule has 0 aromatic heterocycles. The highest BCUT2D eigenvalue weighted by atomic mass is 16.1. The largest absolute Gasteiger partial charge is 0.298 e. The van der Waals surface area contributed by atoms with Crippen LogP contribution in [0.1, 0.15) is 52.9 Å². The first-order chi connectivity index (χ1) is 13.5. The lowest BCUT2D eigenvalue weighted by Gasteiger charge is -2.24. The fraction of sp³-hybridized carbons (Fsp3) is 0.222. The maximum Gasteiger partial charge on any atom is 0.150 e. The van der Waals surface area contributed by atoms with Crippen LogP contribution in [-0.4, -0.2) is 6.29 Å². The molecule has 28 heavy (non-hydrogen) atoms. The summed E-state index contributed by atoms with van der Waals surface area (Å²) in [6, 6.07) is 23.3. The Bertz CT molecular complexity index is 964. The minimum absolute atomic E-state index is 0.0141. The number of hydrogen-bond donors (Lipinski definition) is 0. The number of hydrogen-bond acceptors (Lipinski definition) is 1. The van der Waals surface area contributed by atoms with Gasteiger partial charge in [-0.05, 0) is 59.7 Å². The van der Waals surface area contributed by atoms with E-state index in [1.807, 2.05) is 18.2 Å². The molecule has 0 aliphatic heterocycles. The molecule has 0 aliphatic rings. The van der Waals surface area contributed by atoms with Gasteiger partial charge < -0.3 is 0 Å². The lowest BCUT2D eigenvalue weighted by Crippen LogP contribution is -2.16. The first-order valence-electron chi connectivity index (χ1n) is 9.86. The van der Waals surface area contributed by atoms with E-state index in [9.17, 15) is 4.79 Å². The summed E-state index contributed by atoms with van der Waals surface area (Å²) < 4.78 is 0. The smallest absolute Gasteiger partial charge is 0.150 e. The Hall–Kier alpha value is -2.93. The Morgan fingerprint density at radius 1 is 0.893 bits per heavy atom. The van der Waals surface area contributed by atoms with Crippen molar-refractivity contribution in [1.29, 1.82) is 0 Å². The number of carbonyl (C=O) groups excluding carboxylic acids is 1. The van der Waals surface area contributed by atoms with Crippen LogP contribution in [0.5, 0.6) is 0 Å². The Morgan fingerprint density at radius 3 is 2.14 bits per heavy atom. The van der Waals surface area contributed by atoms with Crippen molar-refractivity contribution in [3.05, 3.63) is 107 Å². The predicted molar refractivity (Wildman–Crippen MR) is 119 cm³/mol. The van der Waals surface area contributed by atoms with Gasteiger partial charge in [0.15, 0.2) is 0 Å². The second-order valence-corrected chi connectivity index (χ2v) is 7.80. The van der Waals surface area contributed by atoms with Crippen molar-refractivity contribution < 1.29 is 4.79 Å². The number of aryl methyl sites for hydroxylation is 1. The highest BCUT2D eigenvalue weighted by Crippen LogP contribution is 2.31. The second-order valence-electron chi connectivity index (χ2n) is 7.80. The number of rotatable bonds is 7. The van der Waals surface area contributed by atoms with Crippen LogP contribution in [0.25, 0.3) is 11.1 Å². The van der Waals surface area contributed by atoms with Gasteiger partial charge in [0.2, 0.25) is 0 Å². The van der Waals surface area contributed by atoms with E-state index in [2.05, 4.69) is 81.9 Å². The Kier molecular flexibility index (Phi) is 5.94. The number of benzene rings is 3. The van der Waals surface area contributed by atoms with Crippen LogP contribution in [0.15, 0.2) is 79.4 Å². The monoisotopic (exact) mass is 368 g/mol. The Morgan fingerprint density at radius 2 is 1.57 bits per heavy atom. The molecule has 0 radical (unpaired) electrons. The van der Waals surface area contributed by atoms with Crippen molar-refractivity contribution in [2.24, 2.45) is 0 Å². The van der Waals surface area contributed by atoms with Crippen LogP contribution in [0.4, 0.5) is 0 Å². The molecule has 0 aliphatic carbocycles. The lowest BCUT2D eigenvalue weighted by atomic mass is 9.80. The molecule has 1 heteroatoms. The topological polar surface area (TPSA) is 17.1 Å². The molecule has 0 heterocycles. The molecule has 0 bridgehead atoms. The highest BCUT2D eigenvalue weighted by molar-refractivity contribution is 5.79. The predicted octanol–water partition coefficient (Wildman–Crippen LogP) is 6.92. The summed E-state index contributed by atoms with van der Waals surface area (Å²) in [6.45, 7) is 10.5. The van der Waals surface area contributed by atoms with Gasteiger partial charge in [0, 0.05) is 11.0 Å². The van der Waals surface area contributed by atoms with E-state index < -0.39 is 0 Å². The molecule has 1 nitrogen and oxygen atoms in total. The third-order valence-electron chi connectivity index (χ3n) is 5.74. The van der Waals surface area contributed by atoms with Crippen molar-refractivity contribution in [2.45, 2.75) is 39.0 Å². The van der Waals surface area contributed by atoms with Crippen LogP contribution in [-0.2, 0) is 11.8 Å². The van der Waals surface area contributed by atoms with Gasteiger partial charge in [0.05, 0.1) is 0 Å². The average molecular weight is 369 g/mol. The lowest BCUT2D eigenvalue weighted by molar-refractivity contribution is 0.112. The second kappa shape index (κ2) is 8.39. The first kappa shape index (κ1) is 19.8. The summed E-state index contributed by atoms with van der Waals surface area (Å²) in [5.41, 5.74) is 7.82. The third-order valence-corrected chi connectivity index (χ3v) is 5.74. The normalized spacial score (nSPS) is 13.0. The molecular formula is C27H28O. The van der Waals surface area contributed by atoms with Gasteiger partial charge in [-0.25, -0.2) is 0 Å². The van der Waals surface area contributed by atoms with Crippen molar-refractivity contribution in [3.63, 3.8) is 0 Å². The number of aldehydes is 1. The van der Waals surface area contributed by atoms with Crippen LogP contribution in [0, 0.1) is 6.92 Å². The molecule has 1 unspecified atom stereocenters. The molecule has 0 N–H and O–H groups in total. The minimum atomic E-state index is -0.0141. The molecule has 3 aromatic carbocycles. The van der Waals surface area contributed by atoms with Crippen molar-refractivity contribution in [3.8, 4) is 11.1 Å². The van der Waals surface area contributed by atoms with E-state index in [4.69, 9.17) is 0 Å². The van der Waals surface area contributed by atoms with Gasteiger partial charge in [-0.15, -0.1) is 6.58 Å².